The quantitative estimate of drug-likeness (QED) is 0.861. The van der Waals surface area contributed by atoms with Crippen LogP contribution in [0.25, 0.3) is 0 Å². The zero-order valence-electron chi connectivity index (χ0n) is 15.8. The summed E-state index contributed by atoms with van der Waals surface area (Å²) in [5.74, 6) is 0.391. The monoisotopic (exact) mass is 353 g/mol. The van der Waals surface area contributed by atoms with Crippen molar-refractivity contribution >= 4 is 23.2 Å². The fourth-order valence-electron chi connectivity index (χ4n) is 3.24. The molecule has 2 aromatic rings. The summed E-state index contributed by atoms with van der Waals surface area (Å²) in [6, 6.07) is 9.75. The van der Waals surface area contributed by atoms with E-state index in [1.165, 1.54) is 18.5 Å². The average Bonchev–Trinajstić information content (AvgIpc) is 3.17. The van der Waals surface area contributed by atoms with Crippen LogP contribution in [0.4, 0.5) is 17.3 Å². The first-order valence-corrected chi connectivity index (χ1v) is 9.37. The van der Waals surface area contributed by atoms with E-state index in [0.717, 1.165) is 37.6 Å². The minimum absolute atomic E-state index is 0.210. The predicted octanol–water partition coefficient (Wildman–Crippen LogP) is 3.48. The van der Waals surface area contributed by atoms with Crippen LogP contribution in [-0.2, 0) is 0 Å². The molecule has 1 saturated heterocycles. The summed E-state index contributed by atoms with van der Waals surface area (Å²) in [6.45, 7) is 9.82. The Kier molecular flexibility index (Phi) is 5.71. The highest BCUT2D eigenvalue weighted by Gasteiger charge is 2.15. The van der Waals surface area contributed by atoms with Crippen LogP contribution in [0.3, 0.4) is 0 Å². The molecule has 6 heteroatoms. The lowest BCUT2D eigenvalue weighted by Crippen LogP contribution is -2.26. The Labute approximate surface area is 155 Å². The maximum absolute atomic E-state index is 12.6. The van der Waals surface area contributed by atoms with E-state index in [9.17, 15) is 4.79 Å². The number of aryl methyl sites for hydroxylation is 1. The Morgan fingerprint density at radius 3 is 2.38 bits per heavy atom. The number of nitrogens with zero attached hydrogens (tertiary/aromatic N) is 4. The molecule has 1 aliphatic rings. The molecule has 2 heterocycles. The van der Waals surface area contributed by atoms with Crippen molar-refractivity contribution in [2.75, 3.05) is 41.3 Å². The molecular formula is C20H27N5O. The van der Waals surface area contributed by atoms with Gasteiger partial charge in [-0.2, -0.15) is 0 Å². The van der Waals surface area contributed by atoms with Crippen molar-refractivity contribution in [2.24, 2.45) is 0 Å². The number of nitrogens with one attached hydrogen (secondary N) is 1. The van der Waals surface area contributed by atoms with Gasteiger partial charge in [-0.25, -0.2) is 9.97 Å². The van der Waals surface area contributed by atoms with Crippen molar-refractivity contribution in [1.82, 2.24) is 9.97 Å². The number of amides is 1. The van der Waals surface area contributed by atoms with E-state index < -0.39 is 0 Å². The van der Waals surface area contributed by atoms with E-state index in [-0.39, 0.29) is 5.91 Å². The second-order valence-electron chi connectivity index (χ2n) is 6.56. The molecular weight excluding hydrogens is 326 g/mol. The number of hydrogen-bond donors (Lipinski definition) is 1. The van der Waals surface area contributed by atoms with E-state index in [0.29, 0.717) is 11.6 Å². The van der Waals surface area contributed by atoms with E-state index in [1.807, 2.05) is 24.0 Å². The second kappa shape index (κ2) is 8.17. The van der Waals surface area contributed by atoms with Gasteiger partial charge in [0.2, 0.25) is 5.95 Å². The van der Waals surface area contributed by atoms with E-state index in [1.54, 1.807) is 6.07 Å². The minimum Gasteiger partial charge on any atom is -0.372 e. The van der Waals surface area contributed by atoms with Crippen LogP contribution >= 0.6 is 0 Å². The maximum atomic E-state index is 12.6. The van der Waals surface area contributed by atoms with Crippen LogP contribution in [0.15, 0.2) is 30.3 Å². The molecule has 1 aromatic heterocycles. The number of aromatic nitrogens is 2. The standard InChI is InChI=1S/C20H27N5O/c1-4-24(5-2)20-21-15(3)14-18(23-20)19(26)22-16-8-10-17(11-9-16)25-12-6-7-13-25/h8-11,14H,4-7,12-13H2,1-3H3,(H,22,26). The van der Waals surface area contributed by atoms with Gasteiger partial charge in [0.1, 0.15) is 5.69 Å². The van der Waals surface area contributed by atoms with Gasteiger partial charge in [-0.3, -0.25) is 4.79 Å². The third kappa shape index (κ3) is 4.12. The molecule has 0 radical (unpaired) electrons. The largest absolute Gasteiger partial charge is 0.372 e. The fraction of sp³-hybridized carbons (Fsp3) is 0.450. The van der Waals surface area contributed by atoms with Gasteiger partial charge in [0.25, 0.3) is 5.91 Å². The Bertz CT molecular complexity index is 749. The van der Waals surface area contributed by atoms with E-state index >= 15 is 0 Å². The number of carbonyl (C=O) groups excluding carboxylic acids is 1. The van der Waals surface area contributed by atoms with Gasteiger partial charge < -0.3 is 15.1 Å². The van der Waals surface area contributed by atoms with Gasteiger partial charge in [-0.15, -0.1) is 0 Å². The van der Waals surface area contributed by atoms with Crippen molar-refractivity contribution < 1.29 is 4.79 Å². The fourth-order valence-corrected chi connectivity index (χ4v) is 3.24. The number of anilines is 3. The van der Waals surface area contributed by atoms with Crippen LogP contribution in [0, 0.1) is 6.92 Å². The molecule has 1 aliphatic heterocycles. The first-order valence-electron chi connectivity index (χ1n) is 9.37. The molecule has 0 aliphatic carbocycles. The van der Waals surface area contributed by atoms with Crippen molar-refractivity contribution in [1.29, 1.82) is 0 Å². The third-order valence-electron chi connectivity index (χ3n) is 4.72. The number of benzene rings is 1. The summed E-state index contributed by atoms with van der Waals surface area (Å²) in [6.07, 6.45) is 2.50. The topological polar surface area (TPSA) is 61.4 Å². The Balaban J connectivity index is 1.73. The Hall–Kier alpha value is -2.63. The average molecular weight is 353 g/mol. The molecule has 1 aromatic carbocycles. The van der Waals surface area contributed by atoms with Gasteiger partial charge in [0, 0.05) is 43.2 Å². The molecule has 0 bridgehead atoms. The minimum atomic E-state index is -0.210. The smallest absolute Gasteiger partial charge is 0.274 e. The lowest BCUT2D eigenvalue weighted by molar-refractivity contribution is 0.102. The highest BCUT2D eigenvalue weighted by molar-refractivity contribution is 6.03. The number of rotatable bonds is 6. The summed E-state index contributed by atoms with van der Waals surface area (Å²) < 4.78 is 0. The molecule has 1 amide bonds. The number of hydrogen-bond acceptors (Lipinski definition) is 5. The highest BCUT2D eigenvalue weighted by Crippen LogP contribution is 2.22. The van der Waals surface area contributed by atoms with Gasteiger partial charge in [-0.05, 0) is 63.9 Å². The Morgan fingerprint density at radius 1 is 1.12 bits per heavy atom. The lowest BCUT2D eigenvalue weighted by Gasteiger charge is -2.19. The summed E-state index contributed by atoms with van der Waals surface area (Å²) in [7, 11) is 0. The molecule has 138 valence electrons. The van der Waals surface area contributed by atoms with Crippen molar-refractivity contribution in [3.05, 3.63) is 41.7 Å². The highest BCUT2D eigenvalue weighted by atomic mass is 16.1. The lowest BCUT2D eigenvalue weighted by atomic mass is 10.2. The van der Waals surface area contributed by atoms with Crippen LogP contribution in [-0.4, -0.2) is 42.1 Å². The second-order valence-corrected chi connectivity index (χ2v) is 6.56. The van der Waals surface area contributed by atoms with E-state index in [4.69, 9.17) is 0 Å². The normalized spacial score (nSPS) is 13.7. The SMILES string of the molecule is CCN(CC)c1nc(C)cc(C(=O)Nc2ccc(N3CCCC3)cc2)n1. The van der Waals surface area contributed by atoms with Crippen LogP contribution in [0.2, 0.25) is 0 Å². The van der Waals surface area contributed by atoms with Gasteiger partial charge in [0.05, 0.1) is 0 Å². The molecule has 1 fully saturated rings. The van der Waals surface area contributed by atoms with Crippen molar-refractivity contribution in [3.63, 3.8) is 0 Å². The van der Waals surface area contributed by atoms with Gasteiger partial charge in [0.15, 0.2) is 0 Å². The molecule has 3 rings (SSSR count). The van der Waals surface area contributed by atoms with Crippen molar-refractivity contribution in [3.8, 4) is 0 Å². The first-order chi connectivity index (χ1) is 12.6. The number of carbonyl (C=O) groups is 1. The molecule has 26 heavy (non-hydrogen) atoms. The molecule has 0 saturated carbocycles. The van der Waals surface area contributed by atoms with Crippen LogP contribution < -0.4 is 15.1 Å². The summed E-state index contributed by atoms with van der Waals surface area (Å²) in [5.41, 5.74) is 3.17. The predicted molar refractivity (Wildman–Crippen MR) is 106 cm³/mol. The van der Waals surface area contributed by atoms with Crippen LogP contribution in [0.1, 0.15) is 42.9 Å². The summed E-state index contributed by atoms with van der Waals surface area (Å²) in [5, 5.41) is 2.94. The molecule has 6 nitrogen and oxygen atoms in total. The third-order valence-corrected chi connectivity index (χ3v) is 4.72. The Morgan fingerprint density at radius 2 is 1.77 bits per heavy atom. The van der Waals surface area contributed by atoms with Crippen molar-refractivity contribution in [2.45, 2.75) is 33.6 Å². The molecule has 0 spiro atoms. The zero-order valence-corrected chi connectivity index (χ0v) is 15.8. The molecule has 1 N–H and O–H groups in total. The maximum Gasteiger partial charge on any atom is 0.274 e. The van der Waals surface area contributed by atoms with Gasteiger partial charge >= 0.3 is 0 Å². The van der Waals surface area contributed by atoms with E-state index in [2.05, 4.69) is 46.2 Å². The van der Waals surface area contributed by atoms with Crippen LogP contribution in [0.5, 0.6) is 0 Å². The zero-order chi connectivity index (χ0) is 18.5. The molecule has 0 atom stereocenters. The summed E-state index contributed by atoms with van der Waals surface area (Å²) in [4.78, 5) is 25.9. The summed E-state index contributed by atoms with van der Waals surface area (Å²) >= 11 is 0. The molecule has 0 unspecified atom stereocenters. The van der Waals surface area contributed by atoms with Gasteiger partial charge in [-0.1, -0.05) is 0 Å². The first kappa shape index (κ1) is 18.2.